The van der Waals surface area contributed by atoms with Crippen molar-refractivity contribution in [1.29, 1.82) is 0 Å². The maximum Gasteiger partial charge on any atom is 0.419 e. The predicted molar refractivity (Wildman–Crippen MR) is 59.5 cm³/mol. The van der Waals surface area contributed by atoms with Crippen LogP contribution in [0.25, 0.3) is 0 Å². The molecule has 19 heavy (non-hydrogen) atoms. The van der Waals surface area contributed by atoms with Crippen LogP contribution in [0.15, 0.2) is 36.7 Å². The number of hydrogen-bond donors (Lipinski definition) is 1. The molecule has 0 aliphatic heterocycles. The highest BCUT2D eigenvalue weighted by Crippen LogP contribution is 2.33. The molecule has 1 aromatic carbocycles. The van der Waals surface area contributed by atoms with Gasteiger partial charge in [-0.15, -0.1) is 0 Å². The molecule has 2 rings (SSSR count). The van der Waals surface area contributed by atoms with Gasteiger partial charge < -0.3 is 5.73 Å². The highest BCUT2D eigenvalue weighted by Gasteiger charge is 2.34. The fourth-order valence-corrected chi connectivity index (χ4v) is 1.63. The van der Waals surface area contributed by atoms with Gasteiger partial charge >= 0.3 is 6.18 Å². The summed E-state index contributed by atoms with van der Waals surface area (Å²) >= 11 is 0. The summed E-state index contributed by atoms with van der Waals surface area (Å²) in [7, 11) is 0. The van der Waals surface area contributed by atoms with Crippen LogP contribution >= 0.6 is 0 Å². The molecule has 1 unspecified atom stereocenters. The second-order valence-electron chi connectivity index (χ2n) is 3.89. The lowest BCUT2D eigenvalue weighted by Gasteiger charge is -2.15. The highest BCUT2D eigenvalue weighted by molar-refractivity contribution is 5.34. The molecule has 1 heterocycles. The average molecular weight is 271 g/mol. The van der Waals surface area contributed by atoms with E-state index in [0.29, 0.717) is 11.6 Å². The van der Waals surface area contributed by atoms with Crippen LogP contribution in [-0.4, -0.2) is 10.2 Å². The fraction of sp³-hybridized carbons (Fsp3) is 0.167. The molecule has 0 spiro atoms. The molecule has 0 fully saturated rings. The lowest BCUT2D eigenvalue weighted by atomic mass is 9.99. The predicted octanol–water partition coefficient (Wildman–Crippen LogP) is 2.68. The van der Waals surface area contributed by atoms with E-state index in [4.69, 9.17) is 5.73 Å². The van der Waals surface area contributed by atoms with E-state index in [1.165, 1.54) is 24.5 Å². The van der Waals surface area contributed by atoms with Crippen molar-refractivity contribution < 1.29 is 17.6 Å². The first kappa shape index (κ1) is 13.4. The first-order chi connectivity index (χ1) is 8.89. The summed E-state index contributed by atoms with van der Waals surface area (Å²) < 4.78 is 50.9. The summed E-state index contributed by atoms with van der Waals surface area (Å²) in [6, 6.07) is 3.40. The lowest BCUT2D eigenvalue weighted by molar-refractivity contribution is -0.140. The normalized spacial score (nSPS) is 13.3. The monoisotopic (exact) mass is 271 g/mol. The Kier molecular flexibility index (Phi) is 3.48. The number of alkyl halides is 3. The van der Waals surface area contributed by atoms with Gasteiger partial charge in [0, 0.05) is 6.20 Å². The van der Waals surface area contributed by atoms with Gasteiger partial charge in [-0.25, -0.2) is 4.39 Å². The Balaban J connectivity index is 2.42. The van der Waals surface area contributed by atoms with Gasteiger partial charge in [-0.2, -0.15) is 23.4 Å². The van der Waals surface area contributed by atoms with Crippen molar-refractivity contribution in [3.63, 3.8) is 0 Å². The first-order valence-corrected chi connectivity index (χ1v) is 5.28. The summed E-state index contributed by atoms with van der Waals surface area (Å²) in [6.45, 7) is 0. The Hall–Kier alpha value is -2.02. The Morgan fingerprint density at radius 1 is 1.05 bits per heavy atom. The van der Waals surface area contributed by atoms with Crippen LogP contribution in [0.2, 0.25) is 0 Å². The summed E-state index contributed by atoms with van der Waals surface area (Å²) in [6.07, 6.45) is -2.03. The van der Waals surface area contributed by atoms with E-state index in [9.17, 15) is 17.6 Å². The minimum atomic E-state index is -4.75. The average Bonchev–Trinajstić information content (AvgIpc) is 2.38. The SMILES string of the molecule is NC(c1ccnnc1)c1ccc(F)c(C(F)(F)F)c1. The van der Waals surface area contributed by atoms with Gasteiger partial charge in [-0.05, 0) is 29.3 Å². The van der Waals surface area contributed by atoms with Gasteiger partial charge in [0.05, 0.1) is 17.8 Å². The maximum absolute atomic E-state index is 13.1. The number of hydrogen-bond acceptors (Lipinski definition) is 3. The van der Waals surface area contributed by atoms with E-state index in [1.807, 2.05) is 0 Å². The molecule has 0 aliphatic rings. The quantitative estimate of drug-likeness (QED) is 0.854. The van der Waals surface area contributed by atoms with Crippen molar-refractivity contribution in [2.24, 2.45) is 5.73 Å². The van der Waals surface area contributed by atoms with E-state index in [-0.39, 0.29) is 5.56 Å². The van der Waals surface area contributed by atoms with Crippen molar-refractivity contribution in [3.8, 4) is 0 Å². The molecule has 0 amide bonds. The molecule has 1 atom stereocenters. The third-order valence-electron chi connectivity index (χ3n) is 2.62. The van der Waals surface area contributed by atoms with Crippen LogP contribution in [-0.2, 0) is 6.18 Å². The van der Waals surface area contributed by atoms with E-state index in [1.54, 1.807) is 0 Å². The molecular weight excluding hydrogens is 262 g/mol. The summed E-state index contributed by atoms with van der Waals surface area (Å²) in [4.78, 5) is 0. The molecule has 1 aromatic heterocycles. The van der Waals surface area contributed by atoms with Gasteiger partial charge in [0.1, 0.15) is 5.82 Å². The van der Waals surface area contributed by atoms with Gasteiger partial charge in [-0.1, -0.05) is 6.07 Å². The van der Waals surface area contributed by atoms with Gasteiger partial charge in [0.15, 0.2) is 0 Å². The molecule has 100 valence electrons. The summed E-state index contributed by atoms with van der Waals surface area (Å²) in [5, 5.41) is 7.14. The van der Waals surface area contributed by atoms with Crippen molar-refractivity contribution in [3.05, 3.63) is 59.2 Å². The van der Waals surface area contributed by atoms with Gasteiger partial charge in [-0.3, -0.25) is 0 Å². The standard InChI is InChI=1S/C12H9F4N3/c13-10-2-1-7(5-9(10)12(14,15)16)11(17)8-3-4-18-19-6-8/h1-6,11H,17H2. The third kappa shape index (κ3) is 2.87. The van der Waals surface area contributed by atoms with Crippen molar-refractivity contribution in [1.82, 2.24) is 10.2 Å². The van der Waals surface area contributed by atoms with Crippen molar-refractivity contribution in [2.75, 3.05) is 0 Å². The molecule has 0 bridgehead atoms. The van der Waals surface area contributed by atoms with E-state index in [2.05, 4.69) is 10.2 Å². The van der Waals surface area contributed by atoms with Gasteiger partial charge in [0.25, 0.3) is 0 Å². The fourth-order valence-electron chi connectivity index (χ4n) is 1.63. The Morgan fingerprint density at radius 2 is 1.79 bits per heavy atom. The minimum absolute atomic E-state index is 0.154. The largest absolute Gasteiger partial charge is 0.419 e. The molecule has 7 heteroatoms. The first-order valence-electron chi connectivity index (χ1n) is 5.28. The zero-order valence-corrected chi connectivity index (χ0v) is 9.53. The van der Waals surface area contributed by atoms with Crippen LogP contribution in [0.5, 0.6) is 0 Å². The second kappa shape index (κ2) is 4.93. The van der Waals surface area contributed by atoms with Crippen LogP contribution < -0.4 is 5.73 Å². The molecule has 2 aromatic rings. The molecular formula is C12H9F4N3. The number of aromatic nitrogens is 2. The summed E-state index contributed by atoms with van der Waals surface area (Å²) in [5.74, 6) is -1.32. The van der Waals surface area contributed by atoms with Crippen LogP contribution in [0, 0.1) is 5.82 Å². The smallest absolute Gasteiger partial charge is 0.320 e. The topological polar surface area (TPSA) is 51.8 Å². The van der Waals surface area contributed by atoms with Gasteiger partial charge in [0.2, 0.25) is 0 Å². The van der Waals surface area contributed by atoms with E-state index < -0.39 is 23.6 Å². The minimum Gasteiger partial charge on any atom is -0.320 e. The van der Waals surface area contributed by atoms with E-state index >= 15 is 0 Å². The van der Waals surface area contributed by atoms with Crippen LogP contribution in [0.4, 0.5) is 17.6 Å². The molecule has 3 nitrogen and oxygen atoms in total. The van der Waals surface area contributed by atoms with Crippen molar-refractivity contribution >= 4 is 0 Å². The number of nitrogens with two attached hydrogens (primary N) is 1. The van der Waals surface area contributed by atoms with E-state index in [0.717, 1.165) is 6.07 Å². The summed E-state index contributed by atoms with van der Waals surface area (Å²) in [5.41, 5.74) is 5.14. The van der Waals surface area contributed by atoms with Crippen LogP contribution in [0.1, 0.15) is 22.7 Å². The third-order valence-corrected chi connectivity index (χ3v) is 2.62. The second-order valence-corrected chi connectivity index (χ2v) is 3.89. The Labute approximate surface area is 106 Å². The number of nitrogens with zero attached hydrogens (tertiary/aromatic N) is 2. The number of benzene rings is 1. The molecule has 0 saturated carbocycles. The maximum atomic E-state index is 13.1. The molecule has 0 radical (unpaired) electrons. The zero-order chi connectivity index (χ0) is 14.0. The Bertz CT molecular complexity index is 569. The zero-order valence-electron chi connectivity index (χ0n) is 9.53. The molecule has 0 aliphatic carbocycles. The Morgan fingerprint density at radius 3 is 2.37 bits per heavy atom. The highest BCUT2D eigenvalue weighted by atomic mass is 19.4. The molecule has 0 saturated heterocycles. The number of halogens is 4. The lowest BCUT2D eigenvalue weighted by Crippen LogP contribution is -2.15. The molecule has 2 N–H and O–H groups in total. The number of rotatable bonds is 2. The van der Waals surface area contributed by atoms with Crippen molar-refractivity contribution in [2.45, 2.75) is 12.2 Å². The van der Waals surface area contributed by atoms with Crippen LogP contribution in [0.3, 0.4) is 0 Å².